The molecule has 0 aliphatic carbocycles. The van der Waals surface area contributed by atoms with Gasteiger partial charge in [-0.05, 0) is 43.5 Å². The lowest BCUT2D eigenvalue weighted by molar-refractivity contribution is -0.138. The van der Waals surface area contributed by atoms with Crippen molar-refractivity contribution >= 4 is 37.8 Å². The highest BCUT2D eigenvalue weighted by Crippen LogP contribution is 2.29. The van der Waals surface area contributed by atoms with E-state index in [0.29, 0.717) is 10.0 Å². The molecular weight excluding hydrogens is 302 g/mol. The van der Waals surface area contributed by atoms with Gasteiger partial charge in [0.15, 0.2) is 0 Å². The van der Waals surface area contributed by atoms with Crippen LogP contribution in [-0.4, -0.2) is 11.1 Å². The minimum Gasteiger partial charge on any atom is -0.480 e. The molecule has 0 aliphatic heterocycles. The fraction of sp³-hybridized carbons (Fsp3) is 0.125. The molecule has 1 aromatic rings. The van der Waals surface area contributed by atoms with Gasteiger partial charge in [0.1, 0.15) is 6.04 Å². The average Bonchev–Trinajstić information content (AvgIpc) is 2.08. The van der Waals surface area contributed by atoms with E-state index in [2.05, 4.69) is 31.9 Å². The Balaban J connectivity index is 3.15. The minimum absolute atomic E-state index is 0.557. The van der Waals surface area contributed by atoms with E-state index in [1.807, 2.05) is 6.07 Å². The molecule has 1 rings (SSSR count). The Morgan fingerprint density at radius 1 is 1.46 bits per heavy atom. The molecule has 3 N–H and O–H groups in total. The van der Waals surface area contributed by atoms with Crippen molar-refractivity contribution in [3.63, 3.8) is 0 Å². The lowest BCUT2D eigenvalue weighted by Crippen LogP contribution is -2.21. The topological polar surface area (TPSA) is 63.3 Å². The Labute approximate surface area is 92.2 Å². The number of benzene rings is 1. The molecule has 0 fully saturated rings. The van der Waals surface area contributed by atoms with Crippen molar-refractivity contribution in [3.05, 3.63) is 32.7 Å². The second-order valence-corrected chi connectivity index (χ2v) is 4.11. The molecule has 0 amide bonds. The van der Waals surface area contributed by atoms with Crippen LogP contribution in [0.2, 0.25) is 0 Å². The molecular formula is C8H7Br2NO2. The molecule has 70 valence electrons. The predicted octanol–water partition coefficient (Wildman–Crippen LogP) is 2.30. The van der Waals surface area contributed by atoms with E-state index < -0.39 is 12.0 Å². The molecule has 13 heavy (non-hydrogen) atoms. The standard InChI is InChI=1S/C8H7Br2NO2/c9-5-3-1-2-4(6(5)10)7(11)8(12)13/h1-3,7H,11H2,(H,12,13). The molecule has 1 atom stereocenters. The summed E-state index contributed by atoms with van der Waals surface area (Å²) in [5.74, 6) is -1.04. The third kappa shape index (κ3) is 2.30. The van der Waals surface area contributed by atoms with Crippen molar-refractivity contribution in [2.75, 3.05) is 0 Å². The summed E-state index contributed by atoms with van der Waals surface area (Å²) in [6.07, 6.45) is 0. The van der Waals surface area contributed by atoms with E-state index in [-0.39, 0.29) is 0 Å². The fourth-order valence-corrected chi connectivity index (χ4v) is 1.79. The third-order valence-electron chi connectivity index (χ3n) is 1.58. The Morgan fingerprint density at radius 3 is 2.62 bits per heavy atom. The molecule has 0 aliphatic rings. The number of aliphatic carboxylic acids is 1. The molecule has 0 saturated carbocycles. The quantitative estimate of drug-likeness (QED) is 0.881. The van der Waals surface area contributed by atoms with E-state index in [0.717, 1.165) is 4.47 Å². The summed E-state index contributed by atoms with van der Waals surface area (Å²) in [6.45, 7) is 0. The average molecular weight is 309 g/mol. The highest BCUT2D eigenvalue weighted by Gasteiger charge is 2.17. The molecule has 0 spiro atoms. The number of hydrogen-bond acceptors (Lipinski definition) is 2. The Kier molecular flexibility index (Phi) is 3.47. The van der Waals surface area contributed by atoms with Crippen LogP contribution in [0.15, 0.2) is 27.1 Å². The number of nitrogens with two attached hydrogens (primary N) is 1. The highest BCUT2D eigenvalue weighted by atomic mass is 79.9. The lowest BCUT2D eigenvalue weighted by Gasteiger charge is -2.09. The summed E-state index contributed by atoms with van der Waals surface area (Å²) in [7, 11) is 0. The Bertz CT molecular complexity index is 341. The molecule has 0 bridgehead atoms. The maximum Gasteiger partial charge on any atom is 0.325 e. The highest BCUT2D eigenvalue weighted by molar-refractivity contribution is 9.13. The molecule has 1 aromatic carbocycles. The maximum absolute atomic E-state index is 10.6. The van der Waals surface area contributed by atoms with Gasteiger partial charge in [0.25, 0.3) is 0 Å². The Hall–Kier alpha value is -0.390. The van der Waals surface area contributed by atoms with Crippen molar-refractivity contribution in [3.8, 4) is 0 Å². The van der Waals surface area contributed by atoms with Gasteiger partial charge in [-0.3, -0.25) is 4.79 Å². The van der Waals surface area contributed by atoms with Gasteiger partial charge in [-0.25, -0.2) is 0 Å². The van der Waals surface area contributed by atoms with Gasteiger partial charge in [-0.2, -0.15) is 0 Å². The van der Waals surface area contributed by atoms with Crippen molar-refractivity contribution in [1.29, 1.82) is 0 Å². The second kappa shape index (κ2) is 4.21. The second-order valence-electron chi connectivity index (χ2n) is 2.46. The van der Waals surface area contributed by atoms with E-state index in [1.165, 1.54) is 0 Å². The molecule has 5 heteroatoms. The van der Waals surface area contributed by atoms with Gasteiger partial charge >= 0.3 is 5.97 Å². The zero-order valence-electron chi connectivity index (χ0n) is 6.50. The first-order valence-electron chi connectivity index (χ1n) is 3.46. The van der Waals surface area contributed by atoms with Crippen molar-refractivity contribution in [2.24, 2.45) is 5.73 Å². The summed E-state index contributed by atoms with van der Waals surface area (Å²) in [4.78, 5) is 10.6. The van der Waals surface area contributed by atoms with Crippen molar-refractivity contribution < 1.29 is 9.90 Å². The van der Waals surface area contributed by atoms with E-state index in [9.17, 15) is 4.79 Å². The molecule has 0 saturated heterocycles. The predicted molar refractivity (Wildman–Crippen MR) is 56.4 cm³/mol. The largest absolute Gasteiger partial charge is 0.480 e. The monoisotopic (exact) mass is 307 g/mol. The van der Waals surface area contributed by atoms with Crippen LogP contribution in [0.25, 0.3) is 0 Å². The smallest absolute Gasteiger partial charge is 0.325 e. The first kappa shape index (κ1) is 10.7. The lowest BCUT2D eigenvalue weighted by atomic mass is 10.1. The first-order chi connectivity index (χ1) is 6.04. The van der Waals surface area contributed by atoms with Crippen LogP contribution >= 0.6 is 31.9 Å². The summed E-state index contributed by atoms with van der Waals surface area (Å²) < 4.78 is 1.48. The van der Waals surface area contributed by atoms with E-state index in [1.54, 1.807) is 12.1 Å². The zero-order valence-corrected chi connectivity index (χ0v) is 9.67. The number of carbonyl (C=O) groups is 1. The van der Waals surface area contributed by atoms with Crippen LogP contribution in [-0.2, 0) is 4.79 Å². The van der Waals surface area contributed by atoms with Crippen LogP contribution < -0.4 is 5.73 Å². The maximum atomic E-state index is 10.6. The summed E-state index contributed by atoms with van der Waals surface area (Å²) in [5, 5.41) is 8.69. The number of hydrogen-bond donors (Lipinski definition) is 2. The number of carboxylic acids is 1. The van der Waals surface area contributed by atoms with Gasteiger partial charge in [-0.1, -0.05) is 12.1 Å². The molecule has 0 radical (unpaired) electrons. The van der Waals surface area contributed by atoms with Gasteiger partial charge in [0, 0.05) is 8.95 Å². The summed E-state index contributed by atoms with van der Waals surface area (Å²) >= 11 is 6.53. The number of carboxylic acid groups (broad SMARTS) is 1. The number of rotatable bonds is 2. The molecule has 3 nitrogen and oxygen atoms in total. The van der Waals surface area contributed by atoms with Crippen LogP contribution in [0.1, 0.15) is 11.6 Å². The number of halogens is 2. The van der Waals surface area contributed by atoms with E-state index >= 15 is 0 Å². The van der Waals surface area contributed by atoms with Gasteiger partial charge < -0.3 is 10.8 Å². The zero-order chi connectivity index (χ0) is 10.0. The summed E-state index contributed by atoms with van der Waals surface area (Å²) in [5.41, 5.74) is 6.01. The third-order valence-corrected chi connectivity index (χ3v) is 3.66. The van der Waals surface area contributed by atoms with Crippen LogP contribution in [0.3, 0.4) is 0 Å². The SMILES string of the molecule is NC(C(=O)O)c1cccc(Br)c1Br. The molecule has 0 aromatic heterocycles. The molecule has 0 heterocycles. The minimum atomic E-state index is -1.04. The normalized spacial score (nSPS) is 12.5. The van der Waals surface area contributed by atoms with Crippen molar-refractivity contribution in [2.45, 2.75) is 6.04 Å². The first-order valence-corrected chi connectivity index (χ1v) is 5.05. The van der Waals surface area contributed by atoms with Crippen molar-refractivity contribution in [1.82, 2.24) is 0 Å². The van der Waals surface area contributed by atoms with Gasteiger partial charge in [-0.15, -0.1) is 0 Å². The van der Waals surface area contributed by atoms with Crippen LogP contribution in [0.4, 0.5) is 0 Å². The Morgan fingerprint density at radius 2 is 2.08 bits per heavy atom. The van der Waals surface area contributed by atoms with Gasteiger partial charge in [0.05, 0.1) is 0 Å². The summed E-state index contributed by atoms with van der Waals surface area (Å²) in [6, 6.07) is 4.23. The van der Waals surface area contributed by atoms with E-state index in [4.69, 9.17) is 10.8 Å². The fourth-order valence-electron chi connectivity index (χ4n) is 0.894. The van der Waals surface area contributed by atoms with Gasteiger partial charge in [0.2, 0.25) is 0 Å². The molecule has 1 unspecified atom stereocenters. The van der Waals surface area contributed by atoms with Crippen LogP contribution in [0, 0.1) is 0 Å². The van der Waals surface area contributed by atoms with Crippen LogP contribution in [0.5, 0.6) is 0 Å².